The molecule has 4 rings (SSSR count). The lowest BCUT2D eigenvalue weighted by molar-refractivity contribution is 1.63. The lowest BCUT2D eigenvalue weighted by atomic mass is 10.1. The van der Waals surface area contributed by atoms with Gasteiger partial charge in [-0.2, -0.15) is 0 Å². The predicted octanol–water partition coefficient (Wildman–Crippen LogP) is 6.17. The van der Waals surface area contributed by atoms with Gasteiger partial charge in [0.25, 0.3) is 0 Å². The van der Waals surface area contributed by atoms with E-state index in [4.69, 9.17) is 0 Å². The summed E-state index contributed by atoms with van der Waals surface area (Å²) in [6.45, 7) is 0. The van der Waals surface area contributed by atoms with Crippen molar-refractivity contribution in [1.82, 2.24) is 0 Å². The molecule has 3 aromatic carbocycles. The smallest absolute Gasteiger partial charge is 0.0171 e. The average molecular weight is 374 g/mol. The van der Waals surface area contributed by atoms with E-state index in [9.17, 15) is 0 Å². The zero-order valence-corrected chi connectivity index (χ0v) is 16.4. The predicted molar refractivity (Wildman–Crippen MR) is 116 cm³/mol. The van der Waals surface area contributed by atoms with E-state index in [1.807, 2.05) is 0 Å². The Balaban J connectivity index is 1.68. The molecule has 1 heterocycles. The Morgan fingerprint density at radius 2 is 1.32 bits per heavy atom. The standard InChI is InChI=1S/C22H17P3/c1-3-9-19(10-4-1)20-13-15-21(16-14-20)24-18-8-7-17-23-25(24)22-11-5-2-6-12-22/h1-6,8-16H,18H2. The topological polar surface area (TPSA) is 0 Å². The van der Waals surface area contributed by atoms with E-state index in [0.29, 0.717) is 0 Å². The van der Waals surface area contributed by atoms with E-state index in [1.54, 1.807) is 0 Å². The van der Waals surface area contributed by atoms with E-state index in [1.165, 1.54) is 29.6 Å². The molecule has 1 aliphatic rings. The second-order valence-corrected chi connectivity index (χ2v) is 14.3. The maximum atomic E-state index is 3.34. The van der Waals surface area contributed by atoms with Gasteiger partial charge in [-0.25, -0.2) is 0 Å². The highest BCUT2D eigenvalue weighted by Crippen LogP contribution is 2.74. The maximum absolute atomic E-state index is 3.34. The minimum Gasteiger partial charge on any atom is -0.0692 e. The molecule has 0 amide bonds. The average Bonchev–Trinajstić information content (AvgIpc) is 2.96. The van der Waals surface area contributed by atoms with Gasteiger partial charge < -0.3 is 0 Å². The van der Waals surface area contributed by atoms with Crippen LogP contribution >= 0.6 is 22.8 Å². The zero-order chi connectivity index (χ0) is 16.9. The van der Waals surface area contributed by atoms with E-state index in [-0.39, 0.29) is 14.9 Å². The molecule has 0 saturated heterocycles. The van der Waals surface area contributed by atoms with E-state index in [0.717, 1.165) is 6.16 Å². The molecule has 0 saturated carbocycles. The SMILES string of the molecule is C1=C=PP(c2ccccc2)P(c2ccc(-c3ccccc3)cc2)CC=1. The molecule has 2 atom stereocenters. The van der Waals surface area contributed by atoms with Crippen LogP contribution in [0.1, 0.15) is 0 Å². The number of allylic oxidation sites excluding steroid dienone is 1. The monoisotopic (exact) mass is 374 g/mol. The third kappa shape index (κ3) is 3.92. The van der Waals surface area contributed by atoms with Crippen LogP contribution in [0, 0.1) is 0 Å². The highest BCUT2D eigenvalue weighted by atomic mass is 32.4. The molecule has 120 valence electrons. The quantitative estimate of drug-likeness (QED) is 0.380. The fraction of sp³-hybridized carbons (Fsp3) is 0.0455. The summed E-state index contributed by atoms with van der Waals surface area (Å²) < 4.78 is 0. The fourth-order valence-electron chi connectivity index (χ4n) is 2.82. The zero-order valence-electron chi connectivity index (χ0n) is 13.7. The van der Waals surface area contributed by atoms with Crippen molar-refractivity contribution in [3.63, 3.8) is 0 Å². The van der Waals surface area contributed by atoms with E-state index < -0.39 is 0 Å². The van der Waals surface area contributed by atoms with Gasteiger partial charge in [-0.15, -0.1) is 0 Å². The summed E-state index contributed by atoms with van der Waals surface area (Å²) in [6, 6.07) is 30.8. The van der Waals surface area contributed by atoms with Gasteiger partial charge in [0, 0.05) is 13.5 Å². The molecule has 0 aromatic heterocycles. The Hall–Kier alpha value is -1.75. The summed E-state index contributed by atoms with van der Waals surface area (Å²) in [4.78, 5) is 0. The number of benzene rings is 3. The molecular weight excluding hydrogens is 357 g/mol. The molecule has 0 aliphatic carbocycles. The van der Waals surface area contributed by atoms with Gasteiger partial charge in [0.1, 0.15) is 0 Å². The summed E-state index contributed by atoms with van der Waals surface area (Å²) in [5, 5.41) is 2.96. The first-order valence-electron chi connectivity index (χ1n) is 8.23. The van der Waals surface area contributed by atoms with Crippen LogP contribution < -0.4 is 10.6 Å². The van der Waals surface area contributed by atoms with Crippen LogP contribution in [0.5, 0.6) is 0 Å². The van der Waals surface area contributed by atoms with Gasteiger partial charge >= 0.3 is 0 Å². The Bertz CT molecular complexity index is 934. The Morgan fingerprint density at radius 1 is 0.680 bits per heavy atom. The van der Waals surface area contributed by atoms with Crippen LogP contribution in [0.25, 0.3) is 11.1 Å². The van der Waals surface area contributed by atoms with E-state index in [2.05, 4.69) is 102 Å². The molecule has 0 spiro atoms. The minimum absolute atomic E-state index is 0.243. The number of hydrogen-bond acceptors (Lipinski definition) is 0. The van der Waals surface area contributed by atoms with Gasteiger partial charge in [-0.1, -0.05) is 90.7 Å². The largest absolute Gasteiger partial charge is 0.0692 e. The van der Waals surface area contributed by atoms with Crippen LogP contribution in [-0.2, 0) is 0 Å². The summed E-state index contributed by atoms with van der Waals surface area (Å²) in [5.41, 5.74) is 9.14. The van der Waals surface area contributed by atoms with Crippen molar-refractivity contribution in [2.24, 2.45) is 0 Å². The molecule has 2 unspecified atom stereocenters. The third-order valence-electron chi connectivity index (χ3n) is 4.06. The number of hydrogen-bond donors (Lipinski definition) is 0. The van der Waals surface area contributed by atoms with Gasteiger partial charge in [0.05, 0.1) is 0 Å². The Morgan fingerprint density at radius 3 is 2.04 bits per heavy atom. The lowest BCUT2D eigenvalue weighted by Crippen LogP contribution is -2.05. The van der Waals surface area contributed by atoms with Crippen LogP contribution in [0.3, 0.4) is 0 Å². The van der Waals surface area contributed by atoms with Crippen molar-refractivity contribution in [2.45, 2.75) is 0 Å². The second kappa shape index (κ2) is 8.09. The van der Waals surface area contributed by atoms with Crippen LogP contribution in [0.2, 0.25) is 0 Å². The Labute approximate surface area is 153 Å². The van der Waals surface area contributed by atoms with Gasteiger partial charge in [-0.05, 0) is 48.8 Å². The molecule has 0 fully saturated rings. The van der Waals surface area contributed by atoms with Crippen LogP contribution in [0.4, 0.5) is 0 Å². The van der Waals surface area contributed by atoms with Crippen molar-refractivity contribution in [1.29, 1.82) is 0 Å². The van der Waals surface area contributed by atoms with Crippen molar-refractivity contribution in [2.75, 3.05) is 6.16 Å². The first kappa shape index (κ1) is 16.7. The summed E-state index contributed by atoms with van der Waals surface area (Å²) in [5.74, 6) is 0. The van der Waals surface area contributed by atoms with Gasteiger partial charge in [-0.3, -0.25) is 0 Å². The summed E-state index contributed by atoms with van der Waals surface area (Å²) >= 11 is 0. The number of rotatable bonds is 3. The van der Waals surface area contributed by atoms with Crippen molar-refractivity contribution < 1.29 is 0 Å². The fourth-order valence-corrected chi connectivity index (χ4v) is 12.8. The second-order valence-electron chi connectivity index (χ2n) is 5.68. The Kier molecular flexibility index (Phi) is 5.40. The van der Waals surface area contributed by atoms with Gasteiger partial charge in [0.2, 0.25) is 0 Å². The molecule has 25 heavy (non-hydrogen) atoms. The maximum Gasteiger partial charge on any atom is 0.0171 e. The normalized spacial score (nSPS) is 19.5. The van der Waals surface area contributed by atoms with Crippen LogP contribution in [0.15, 0.2) is 96.7 Å². The van der Waals surface area contributed by atoms with Gasteiger partial charge in [0.15, 0.2) is 0 Å². The summed E-state index contributed by atoms with van der Waals surface area (Å²) in [6.07, 6.45) is 3.27. The van der Waals surface area contributed by atoms with Crippen molar-refractivity contribution in [3.8, 4) is 11.1 Å². The molecule has 0 bridgehead atoms. The minimum atomic E-state index is -0.265. The highest BCUT2D eigenvalue weighted by Gasteiger charge is 2.23. The molecule has 1 aliphatic heterocycles. The first-order chi connectivity index (χ1) is 12.4. The molecule has 0 N–H and O–H groups in total. The van der Waals surface area contributed by atoms with Crippen molar-refractivity contribution in [3.05, 3.63) is 96.7 Å². The lowest BCUT2D eigenvalue weighted by Gasteiger charge is -2.23. The third-order valence-corrected chi connectivity index (χ3v) is 14.7. The molecule has 0 radical (unpaired) electrons. The molecule has 3 heteroatoms. The van der Waals surface area contributed by atoms with Crippen molar-refractivity contribution >= 4 is 38.9 Å². The van der Waals surface area contributed by atoms with Crippen LogP contribution in [-0.4, -0.2) is 11.6 Å². The molecule has 0 nitrogen and oxygen atoms in total. The molecule has 3 aromatic rings. The van der Waals surface area contributed by atoms with E-state index >= 15 is 0 Å². The summed E-state index contributed by atoms with van der Waals surface area (Å²) in [7, 11) is 0.784. The first-order valence-corrected chi connectivity index (χ1v) is 13.4. The molecular formula is C22H17P3. The highest BCUT2D eigenvalue weighted by molar-refractivity contribution is 8.60.